The largest absolute Gasteiger partial charge is 0.497 e. The van der Waals surface area contributed by atoms with E-state index in [0.29, 0.717) is 30.9 Å². The van der Waals surface area contributed by atoms with Crippen molar-refractivity contribution in [2.45, 2.75) is 37.5 Å². The van der Waals surface area contributed by atoms with Crippen LogP contribution in [0.25, 0.3) is 0 Å². The van der Waals surface area contributed by atoms with E-state index in [1.807, 2.05) is 18.2 Å². The molecule has 6 nitrogen and oxygen atoms in total. The average molecular weight is 408 g/mol. The summed E-state index contributed by atoms with van der Waals surface area (Å²) >= 11 is 0. The van der Waals surface area contributed by atoms with Crippen LogP contribution in [0.5, 0.6) is 5.75 Å². The highest BCUT2D eigenvalue weighted by Gasteiger charge is 2.34. The third-order valence-corrected chi connectivity index (χ3v) is 6.28. The van der Waals surface area contributed by atoms with Crippen molar-refractivity contribution in [1.82, 2.24) is 5.32 Å². The van der Waals surface area contributed by atoms with E-state index < -0.39 is 0 Å². The van der Waals surface area contributed by atoms with Crippen molar-refractivity contribution < 1.29 is 19.1 Å². The molecule has 4 rings (SSSR count). The number of amides is 2. The van der Waals surface area contributed by atoms with Crippen LogP contribution in [0, 0.1) is 0 Å². The highest BCUT2D eigenvalue weighted by Crippen LogP contribution is 2.39. The molecule has 2 aromatic rings. The van der Waals surface area contributed by atoms with Gasteiger partial charge in [0.1, 0.15) is 12.4 Å². The van der Waals surface area contributed by atoms with Gasteiger partial charge in [-0.25, -0.2) is 4.79 Å². The lowest BCUT2D eigenvalue weighted by Crippen LogP contribution is -2.42. The Morgan fingerprint density at radius 3 is 2.57 bits per heavy atom. The van der Waals surface area contributed by atoms with Gasteiger partial charge in [-0.2, -0.15) is 0 Å². The van der Waals surface area contributed by atoms with Gasteiger partial charge in [-0.3, -0.25) is 9.69 Å². The van der Waals surface area contributed by atoms with Gasteiger partial charge in [0.15, 0.2) is 0 Å². The van der Waals surface area contributed by atoms with Crippen molar-refractivity contribution in [3.8, 4) is 5.75 Å². The average Bonchev–Trinajstić information content (AvgIpc) is 3.24. The number of anilines is 1. The number of carbonyl (C=O) groups is 2. The second-order valence-electron chi connectivity index (χ2n) is 8.07. The standard InChI is InChI=1S/C24H28N2O4/c1-29-21-10-8-19(9-11-21)24(12-3-2-4-13-24)17-25-22(27)18-6-5-7-20(16-18)26-14-15-30-23(26)28/h5-11,16H,2-4,12-15,17H2,1H3,(H,25,27). The fraction of sp³-hybridized carbons (Fsp3) is 0.417. The number of carbonyl (C=O) groups excluding carboxylic acids is 2. The summed E-state index contributed by atoms with van der Waals surface area (Å²) in [6, 6.07) is 15.4. The van der Waals surface area contributed by atoms with Crippen molar-refractivity contribution in [1.29, 1.82) is 0 Å². The Hall–Kier alpha value is -3.02. The Morgan fingerprint density at radius 2 is 1.90 bits per heavy atom. The van der Waals surface area contributed by atoms with Crippen LogP contribution < -0.4 is 15.0 Å². The zero-order chi connectivity index (χ0) is 21.0. The van der Waals surface area contributed by atoms with Crippen molar-refractivity contribution in [3.05, 3.63) is 59.7 Å². The van der Waals surface area contributed by atoms with Crippen LogP contribution in [-0.2, 0) is 10.2 Å². The quantitative estimate of drug-likeness (QED) is 0.775. The number of hydrogen-bond acceptors (Lipinski definition) is 4. The van der Waals surface area contributed by atoms with E-state index in [1.165, 1.54) is 12.0 Å². The molecular weight excluding hydrogens is 380 g/mol. The predicted octanol–water partition coefficient (Wildman–Crippen LogP) is 4.28. The smallest absolute Gasteiger partial charge is 0.414 e. The first-order valence-corrected chi connectivity index (χ1v) is 10.6. The number of nitrogens with zero attached hydrogens (tertiary/aromatic N) is 1. The summed E-state index contributed by atoms with van der Waals surface area (Å²) in [4.78, 5) is 26.3. The number of nitrogens with one attached hydrogen (secondary N) is 1. The van der Waals surface area contributed by atoms with Gasteiger partial charge in [0, 0.05) is 23.2 Å². The summed E-state index contributed by atoms with van der Waals surface area (Å²) < 4.78 is 10.3. The molecule has 158 valence electrons. The van der Waals surface area contributed by atoms with Gasteiger partial charge >= 0.3 is 6.09 Å². The van der Waals surface area contributed by atoms with Crippen LogP contribution in [-0.4, -0.2) is 38.8 Å². The van der Waals surface area contributed by atoms with Gasteiger partial charge in [0.2, 0.25) is 0 Å². The lowest BCUT2D eigenvalue weighted by molar-refractivity contribution is 0.0936. The Morgan fingerprint density at radius 1 is 1.13 bits per heavy atom. The first-order valence-electron chi connectivity index (χ1n) is 10.6. The van der Waals surface area contributed by atoms with E-state index >= 15 is 0 Å². The van der Waals surface area contributed by atoms with Crippen LogP contribution in [0.4, 0.5) is 10.5 Å². The maximum atomic E-state index is 12.9. The molecule has 1 N–H and O–H groups in total. The maximum Gasteiger partial charge on any atom is 0.414 e. The molecule has 1 saturated carbocycles. The normalized spacial score (nSPS) is 18.0. The number of rotatable bonds is 6. The van der Waals surface area contributed by atoms with Crippen molar-refractivity contribution in [2.24, 2.45) is 0 Å². The molecule has 2 amide bonds. The molecule has 2 fully saturated rings. The molecular formula is C24H28N2O4. The van der Waals surface area contributed by atoms with Gasteiger partial charge in [0.05, 0.1) is 13.7 Å². The van der Waals surface area contributed by atoms with Crippen LogP contribution in [0.1, 0.15) is 48.0 Å². The second kappa shape index (κ2) is 8.78. The van der Waals surface area contributed by atoms with E-state index in [2.05, 4.69) is 17.4 Å². The number of cyclic esters (lactones) is 1. The van der Waals surface area contributed by atoms with Crippen LogP contribution in [0.2, 0.25) is 0 Å². The minimum absolute atomic E-state index is 0.0590. The fourth-order valence-electron chi connectivity index (χ4n) is 4.54. The minimum Gasteiger partial charge on any atom is -0.497 e. The monoisotopic (exact) mass is 408 g/mol. The summed E-state index contributed by atoms with van der Waals surface area (Å²) in [6.07, 6.45) is 5.30. The Kier molecular flexibility index (Phi) is 5.93. The zero-order valence-corrected chi connectivity index (χ0v) is 17.4. The van der Waals surface area contributed by atoms with E-state index in [0.717, 1.165) is 31.4 Å². The Bertz CT molecular complexity index is 904. The summed E-state index contributed by atoms with van der Waals surface area (Å²) in [6.45, 7) is 1.47. The lowest BCUT2D eigenvalue weighted by Gasteiger charge is -2.38. The summed E-state index contributed by atoms with van der Waals surface area (Å²) in [5.74, 6) is 0.717. The molecule has 2 aliphatic rings. The third kappa shape index (κ3) is 4.13. The number of hydrogen-bond donors (Lipinski definition) is 1. The molecule has 0 aromatic heterocycles. The zero-order valence-electron chi connectivity index (χ0n) is 17.4. The maximum absolute atomic E-state index is 12.9. The molecule has 0 bridgehead atoms. The molecule has 0 unspecified atom stereocenters. The molecule has 1 saturated heterocycles. The Balaban J connectivity index is 1.49. The van der Waals surface area contributed by atoms with Gasteiger partial charge in [-0.15, -0.1) is 0 Å². The molecule has 6 heteroatoms. The van der Waals surface area contributed by atoms with Gasteiger partial charge in [0.25, 0.3) is 5.91 Å². The number of benzene rings is 2. The highest BCUT2D eigenvalue weighted by molar-refractivity contribution is 5.97. The summed E-state index contributed by atoms with van der Waals surface area (Å²) in [7, 11) is 1.67. The predicted molar refractivity (Wildman–Crippen MR) is 115 cm³/mol. The lowest BCUT2D eigenvalue weighted by atomic mass is 9.69. The molecule has 30 heavy (non-hydrogen) atoms. The fourth-order valence-corrected chi connectivity index (χ4v) is 4.54. The topological polar surface area (TPSA) is 67.9 Å². The van der Waals surface area contributed by atoms with E-state index in [1.54, 1.807) is 30.2 Å². The van der Waals surface area contributed by atoms with Crippen molar-refractivity contribution in [3.63, 3.8) is 0 Å². The summed E-state index contributed by atoms with van der Waals surface area (Å²) in [5, 5.41) is 3.16. The van der Waals surface area contributed by atoms with Crippen LogP contribution in [0.3, 0.4) is 0 Å². The minimum atomic E-state index is -0.367. The summed E-state index contributed by atoms with van der Waals surface area (Å²) in [5.41, 5.74) is 2.42. The van der Waals surface area contributed by atoms with Gasteiger partial charge in [-0.05, 0) is 48.7 Å². The number of ether oxygens (including phenoxy) is 2. The molecule has 2 aromatic carbocycles. The van der Waals surface area contributed by atoms with Gasteiger partial charge in [-0.1, -0.05) is 37.5 Å². The molecule has 1 aliphatic heterocycles. The van der Waals surface area contributed by atoms with Crippen LogP contribution >= 0.6 is 0 Å². The molecule has 0 atom stereocenters. The third-order valence-electron chi connectivity index (χ3n) is 6.28. The highest BCUT2D eigenvalue weighted by atomic mass is 16.6. The SMILES string of the molecule is COc1ccc(C2(CNC(=O)c3cccc(N4CCOC4=O)c3)CCCCC2)cc1. The molecule has 0 radical (unpaired) electrons. The van der Waals surface area contributed by atoms with Crippen molar-refractivity contribution >= 4 is 17.7 Å². The first-order chi connectivity index (χ1) is 14.6. The molecule has 0 spiro atoms. The van der Waals surface area contributed by atoms with E-state index in [-0.39, 0.29) is 17.4 Å². The van der Waals surface area contributed by atoms with Gasteiger partial charge < -0.3 is 14.8 Å². The number of methoxy groups -OCH3 is 1. The molecule has 1 heterocycles. The van der Waals surface area contributed by atoms with Crippen LogP contribution in [0.15, 0.2) is 48.5 Å². The Labute approximate surface area is 177 Å². The first kappa shape index (κ1) is 20.3. The van der Waals surface area contributed by atoms with E-state index in [4.69, 9.17) is 9.47 Å². The second-order valence-corrected chi connectivity index (χ2v) is 8.07. The van der Waals surface area contributed by atoms with E-state index in [9.17, 15) is 9.59 Å². The molecule has 1 aliphatic carbocycles. The van der Waals surface area contributed by atoms with Crippen molar-refractivity contribution in [2.75, 3.05) is 31.7 Å².